The van der Waals surface area contributed by atoms with Crippen LogP contribution in [0.2, 0.25) is 0 Å². The van der Waals surface area contributed by atoms with Gasteiger partial charge < -0.3 is 9.64 Å². The molecule has 1 amide bonds. The maximum absolute atomic E-state index is 13.1. The van der Waals surface area contributed by atoms with Crippen LogP contribution in [0.25, 0.3) is 0 Å². The van der Waals surface area contributed by atoms with E-state index in [0.29, 0.717) is 18.6 Å². The summed E-state index contributed by atoms with van der Waals surface area (Å²) >= 11 is 0. The first kappa shape index (κ1) is 21.8. The third kappa shape index (κ3) is 4.57. The van der Waals surface area contributed by atoms with Gasteiger partial charge in [-0.25, -0.2) is 4.39 Å². The summed E-state index contributed by atoms with van der Waals surface area (Å²) in [5.41, 5.74) is 2.50. The van der Waals surface area contributed by atoms with E-state index in [1.165, 1.54) is 24.3 Å². The number of likely N-dealkylation sites (tertiary alicyclic amines) is 1. The van der Waals surface area contributed by atoms with E-state index in [1.54, 1.807) is 6.08 Å². The van der Waals surface area contributed by atoms with E-state index in [9.17, 15) is 14.0 Å². The van der Waals surface area contributed by atoms with Crippen molar-refractivity contribution in [2.75, 3.05) is 6.61 Å². The molecule has 4 rings (SSSR count). The van der Waals surface area contributed by atoms with Crippen molar-refractivity contribution in [2.24, 2.45) is 5.92 Å². The number of amides is 1. The molecule has 2 aliphatic rings. The Morgan fingerprint density at radius 3 is 2.56 bits per heavy atom. The van der Waals surface area contributed by atoms with Crippen LogP contribution < -0.4 is 4.74 Å². The highest BCUT2D eigenvalue weighted by atomic mass is 19.1. The Morgan fingerprint density at radius 2 is 1.91 bits per heavy atom. The van der Waals surface area contributed by atoms with Crippen molar-refractivity contribution in [3.63, 3.8) is 0 Å². The fourth-order valence-corrected chi connectivity index (χ4v) is 4.31. The lowest BCUT2D eigenvalue weighted by Gasteiger charge is -2.49. The Bertz CT molecular complexity index is 1050. The fourth-order valence-electron chi connectivity index (χ4n) is 4.31. The smallest absolute Gasteiger partial charge is 0.232 e. The van der Waals surface area contributed by atoms with Crippen LogP contribution in [-0.2, 0) is 4.79 Å². The quantitative estimate of drug-likeness (QED) is 0.287. The lowest BCUT2D eigenvalue weighted by molar-refractivity contribution is -0.153. The summed E-state index contributed by atoms with van der Waals surface area (Å²) in [6.07, 6.45) is 10.2. The molecular weight excluding hydrogens is 405 g/mol. The Balaban J connectivity index is 1.52. The number of β-lactam (4-membered cyclic amide) rings is 1. The molecule has 164 valence electrons. The summed E-state index contributed by atoms with van der Waals surface area (Å²) in [6, 6.07) is 13.2. The van der Waals surface area contributed by atoms with Crippen molar-refractivity contribution in [1.82, 2.24) is 4.90 Å². The van der Waals surface area contributed by atoms with Crippen LogP contribution in [0, 0.1) is 11.7 Å². The van der Waals surface area contributed by atoms with Crippen LogP contribution >= 0.6 is 0 Å². The van der Waals surface area contributed by atoms with Gasteiger partial charge in [-0.3, -0.25) is 9.59 Å². The molecule has 1 saturated heterocycles. The second-order valence-electron chi connectivity index (χ2n) is 8.02. The third-order valence-corrected chi connectivity index (χ3v) is 5.95. The number of rotatable bonds is 9. The van der Waals surface area contributed by atoms with E-state index in [1.807, 2.05) is 41.3 Å². The van der Waals surface area contributed by atoms with Crippen molar-refractivity contribution < 1.29 is 18.7 Å². The molecule has 1 fully saturated rings. The summed E-state index contributed by atoms with van der Waals surface area (Å²) in [7, 11) is 0. The molecule has 1 heterocycles. The predicted octanol–water partition coefficient (Wildman–Crippen LogP) is 5.79. The lowest BCUT2D eigenvalue weighted by Crippen LogP contribution is -2.54. The van der Waals surface area contributed by atoms with Crippen molar-refractivity contribution in [3.05, 3.63) is 102 Å². The van der Waals surface area contributed by atoms with Crippen molar-refractivity contribution in [1.29, 1.82) is 0 Å². The molecule has 4 nitrogen and oxygen atoms in total. The first-order valence-electron chi connectivity index (χ1n) is 10.9. The van der Waals surface area contributed by atoms with E-state index in [2.05, 4.69) is 12.7 Å². The second kappa shape index (κ2) is 9.77. The number of benzene rings is 2. The molecule has 0 saturated carbocycles. The molecule has 0 unspecified atom stereocenters. The van der Waals surface area contributed by atoms with E-state index < -0.39 is 0 Å². The number of halogens is 1. The van der Waals surface area contributed by atoms with Gasteiger partial charge in [0.25, 0.3) is 0 Å². The number of carbonyl (C=O) groups excluding carboxylic acids is 2. The molecule has 2 aromatic carbocycles. The molecule has 0 bridgehead atoms. The summed E-state index contributed by atoms with van der Waals surface area (Å²) in [5.74, 6) is 0.0695. The Morgan fingerprint density at radius 1 is 1.16 bits per heavy atom. The zero-order chi connectivity index (χ0) is 22.5. The van der Waals surface area contributed by atoms with Gasteiger partial charge in [0.05, 0.1) is 12.0 Å². The van der Waals surface area contributed by atoms with Crippen molar-refractivity contribution >= 4 is 11.7 Å². The third-order valence-electron chi connectivity index (χ3n) is 5.95. The van der Waals surface area contributed by atoms with Gasteiger partial charge in [0, 0.05) is 17.7 Å². The molecule has 0 aromatic heterocycles. The number of allylic oxidation sites excluding steroid dienone is 4. The number of hydrogen-bond acceptors (Lipinski definition) is 3. The van der Waals surface area contributed by atoms with Crippen LogP contribution in [0.1, 0.15) is 47.6 Å². The molecule has 32 heavy (non-hydrogen) atoms. The highest BCUT2D eigenvalue weighted by molar-refractivity contribution is 5.96. The number of carbonyl (C=O) groups is 2. The van der Waals surface area contributed by atoms with Gasteiger partial charge in [-0.1, -0.05) is 36.9 Å². The number of ketones is 1. The zero-order valence-electron chi connectivity index (χ0n) is 17.9. The predicted molar refractivity (Wildman–Crippen MR) is 122 cm³/mol. The topological polar surface area (TPSA) is 46.6 Å². The Kier molecular flexibility index (Phi) is 6.64. The first-order chi connectivity index (χ1) is 15.6. The minimum Gasteiger partial charge on any atom is -0.490 e. The molecular formula is C27H26FNO3. The van der Waals surface area contributed by atoms with Crippen LogP contribution in [0.3, 0.4) is 0 Å². The highest BCUT2D eigenvalue weighted by Gasteiger charge is 2.49. The summed E-state index contributed by atoms with van der Waals surface area (Å²) < 4.78 is 18.7. The van der Waals surface area contributed by atoms with Crippen LogP contribution in [0.4, 0.5) is 4.39 Å². The summed E-state index contributed by atoms with van der Waals surface area (Å²) in [5, 5.41) is 0. The Labute approximate surface area is 187 Å². The SMILES string of the molecule is C=CCOc1ccc([C@@H]2[C@@H](CCC(=O)c3ccc(F)cc3)C(=O)N2C2=CC=CCC2)cc1. The van der Waals surface area contributed by atoms with E-state index >= 15 is 0 Å². The average molecular weight is 432 g/mol. The monoisotopic (exact) mass is 431 g/mol. The number of nitrogens with zero attached hydrogens (tertiary/aromatic N) is 1. The number of Topliss-reactive ketones (excluding diaryl/α,β-unsaturated/α-hetero) is 1. The zero-order valence-corrected chi connectivity index (χ0v) is 17.9. The van der Waals surface area contributed by atoms with Gasteiger partial charge in [-0.2, -0.15) is 0 Å². The normalized spacial score (nSPS) is 19.8. The van der Waals surface area contributed by atoms with E-state index in [4.69, 9.17) is 4.74 Å². The summed E-state index contributed by atoms with van der Waals surface area (Å²) in [6.45, 7) is 4.09. The molecule has 1 aliphatic heterocycles. The van der Waals surface area contributed by atoms with Crippen LogP contribution in [0.15, 0.2) is 85.1 Å². The molecule has 2 atom stereocenters. The maximum atomic E-state index is 13.1. The number of hydrogen-bond donors (Lipinski definition) is 0. The molecule has 5 heteroatoms. The van der Waals surface area contributed by atoms with Gasteiger partial charge in [0.15, 0.2) is 5.78 Å². The van der Waals surface area contributed by atoms with Crippen molar-refractivity contribution in [3.8, 4) is 5.75 Å². The van der Waals surface area contributed by atoms with Gasteiger partial charge in [0.2, 0.25) is 5.91 Å². The summed E-state index contributed by atoms with van der Waals surface area (Å²) in [4.78, 5) is 27.6. The Hall–Kier alpha value is -3.47. The average Bonchev–Trinajstić information content (AvgIpc) is 2.82. The van der Waals surface area contributed by atoms with Gasteiger partial charge in [-0.15, -0.1) is 0 Å². The maximum Gasteiger partial charge on any atom is 0.232 e. The minimum atomic E-state index is -0.373. The first-order valence-corrected chi connectivity index (χ1v) is 10.9. The van der Waals surface area contributed by atoms with Crippen LogP contribution in [0.5, 0.6) is 5.75 Å². The van der Waals surface area contributed by atoms with E-state index in [0.717, 1.165) is 29.9 Å². The molecule has 2 aromatic rings. The fraction of sp³-hybridized carbons (Fsp3) is 0.259. The van der Waals surface area contributed by atoms with Crippen molar-refractivity contribution in [2.45, 2.75) is 31.7 Å². The van der Waals surface area contributed by atoms with E-state index in [-0.39, 0.29) is 35.9 Å². The molecule has 0 spiro atoms. The number of ether oxygens (including phenoxy) is 1. The molecule has 0 N–H and O–H groups in total. The molecule has 1 aliphatic carbocycles. The highest BCUT2D eigenvalue weighted by Crippen LogP contribution is 2.46. The standard InChI is InChI=1S/C27H26FNO3/c1-2-18-32-23-14-10-20(11-15-23)26-24(27(31)29(26)22-6-4-3-5-7-22)16-17-25(30)19-8-12-21(28)13-9-19/h2-4,6,8-15,24,26H,1,5,7,16-18H2/t24-,26-/m1/s1. The lowest BCUT2D eigenvalue weighted by atomic mass is 9.78. The second-order valence-corrected chi connectivity index (χ2v) is 8.02. The van der Waals surface area contributed by atoms with Crippen LogP contribution in [-0.4, -0.2) is 23.2 Å². The van der Waals surface area contributed by atoms with Gasteiger partial charge >= 0.3 is 0 Å². The van der Waals surface area contributed by atoms with Gasteiger partial charge in [-0.05, 0) is 67.3 Å². The largest absolute Gasteiger partial charge is 0.490 e. The molecule has 0 radical (unpaired) electrons. The minimum absolute atomic E-state index is 0.0513. The van der Waals surface area contributed by atoms with Gasteiger partial charge in [0.1, 0.15) is 18.2 Å².